The summed E-state index contributed by atoms with van der Waals surface area (Å²) in [5, 5.41) is 3.64. The van der Waals surface area contributed by atoms with Crippen molar-refractivity contribution in [2.75, 3.05) is 12.8 Å². The molecule has 5 heteroatoms. The van der Waals surface area contributed by atoms with E-state index < -0.39 is 0 Å². The number of carbonyl (C=O) groups excluding carboxylic acids is 1. The van der Waals surface area contributed by atoms with Gasteiger partial charge in [0.05, 0.1) is 18.7 Å². The zero-order valence-electron chi connectivity index (χ0n) is 12.9. The van der Waals surface area contributed by atoms with Crippen molar-refractivity contribution in [2.24, 2.45) is 0 Å². The molecule has 120 valence electrons. The van der Waals surface area contributed by atoms with Crippen LogP contribution < -0.4 is 15.8 Å². The van der Waals surface area contributed by atoms with Crippen LogP contribution in [0.5, 0.6) is 5.75 Å². The van der Waals surface area contributed by atoms with E-state index in [0.29, 0.717) is 16.3 Å². The zero-order valence-corrected chi connectivity index (χ0v) is 13.7. The van der Waals surface area contributed by atoms with Crippen molar-refractivity contribution < 1.29 is 9.53 Å². The molecule has 0 radical (unpaired) electrons. The standard InChI is InChI=1S/C18H19ClN2O2/c1-23-17-10-12(19)5-7-15(17)18(22)21-16-4-2-3-11-9-13(20)6-8-14(11)16/h5-10,16H,2-4,20H2,1H3,(H,21,22). The summed E-state index contributed by atoms with van der Waals surface area (Å²) in [4.78, 5) is 12.6. The van der Waals surface area contributed by atoms with Gasteiger partial charge in [0.25, 0.3) is 5.91 Å². The number of anilines is 1. The maximum absolute atomic E-state index is 12.6. The number of fused-ring (bicyclic) bond motifs is 1. The maximum atomic E-state index is 12.6. The first-order valence-corrected chi connectivity index (χ1v) is 7.99. The second kappa shape index (κ2) is 6.50. The highest BCUT2D eigenvalue weighted by Crippen LogP contribution is 2.32. The van der Waals surface area contributed by atoms with Crippen LogP contribution >= 0.6 is 11.6 Å². The molecular formula is C18H19ClN2O2. The molecule has 0 aliphatic heterocycles. The number of rotatable bonds is 3. The SMILES string of the molecule is COc1cc(Cl)ccc1C(=O)NC1CCCc2cc(N)ccc21. The van der Waals surface area contributed by atoms with E-state index in [1.807, 2.05) is 18.2 Å². The van der Waals surface area contributed by atoms with Crippen LogP contribution in [-0.4, -0.2) is 13.0 Å². The average molecular weight is 331 g/mol. The van der Waals surface area contributed by atoms with E-state index in [2.05, 4.69) is 5.32 Å². The Hall–Kier alpha value is -2.20. The molecule has 1 aliphatic rings. The van der Waals surface area contributed by atoms with E-state index in [1.54, 1.807) is 18.2 Å². The fraction of sp³-hybridized carbons (Fsp3) is 0.278. The van der Waals surface area contributed by atoms with Gasteiger partial charge in [0.15, 0.2) is 0 Å². The maximum Gasteiger partial charge on any atom is 0.255 e. The molecule has 0 spiro atoms. The number of ether oxygens (including phenoxy) is 1. The summed E-state index contributed by atoms with van der Waals surface area (Å²) < 4.78 is 5.26. The average Bonchev–Trinajstić information content (AvgIpc) is 2.54. The van der Waals surface area contributed by atoms with E-state index in [9.17, 15) is 4.79 Å². The Morgan fingerprint density at radius 3 is 2.91 bits per heavy atom. The Labute approximate surface area is 140 Å². The van der Waals surface area contributed by atoms with E-state index in [1.165, 1.54) is 12.7 Å². The van der Waals surface area contributed by atoms with Crippen LogP contribution in [0.4, 0.5) is 5.69 Å². The lowest BCUT2D eigenvalue weighted by Crippen LogP contribution is -2.31. The number of carbonyl (C=O) groups is 1. The second-order valence-electron chi connectivity index (χ2n) is 5.72. The molecule has 2 aromatic carbocycles. The van der Waals surface area contributed by atoms with Crippen molar-refractivity contribution >= 4 is 23.2 Å². The summed E-state index contributed by atoms with van der Waals surface area (Å²) in [6, 6.07) is 10.9. The molecule has 0 heterocycles. The molecule has 1 amide bonds. The van der Waals surface area contributed by atoms with Gasteiger partial charge < -0.3 is 15.8 Å². The largest absolute Gasteiger partial charge is 0.496 e. The smallest absolute Gasteiger partial charge is 0.255 e. The summed E-state index contributed by atoms with van der Waals surface area (Å²) in [5.74, 6) is 0.316. The fourth-order valence-electron chi connectivity index (χ4n) is 3.07. The van der Waals surface area contributed by atoms with Gasteiger partial charge in [-0.3, -0.25) is 4.79 Å². The molecule has 0 bridgehead atoms. The number of hydrogen-bond donors (Lipinski definition) is 2. The molecule has 1 unspecified atom stereocenters. The lowest BCUT2D eigenvalue weighted by atomic mass is 9.87. The highest BCUT2D eigenvalue weighted by atomic mass is 35.5. The number of benzene rings is 2. The van der Waals surface area contributed by atoms with Crippen LogP contribution in [0.2, 0.25) is 5.02 Å². The number of aryl methyl sites for hydroxylation is 1. The summed E-state index contributed by atoms with van der Waals surface area (Å²) in [6.07, 6.45) is 2.94. The molecule has 23 heavy (non-hydrogen) atoms. The Kier molecular flexibility index (Phi) is 4.44. The number of nitrogens with two attached hydrogens (primary N) is 1. The van der Waals surface area contributed by atoms with Gasteiger partial charge in [0.2, 0.25) is 0 Å². The lowest BCUT2D eigenvalue weighted by Gasteiger charge is -2.27. The van der Waals surface area contributed by atoms with Crippen LogP contribution in [0.1, 0.15) is 40.4 Å². The van der Waals surface area contributed by atoms with Crippen LogP contribution in [0.3, 0.4) is 0 Å². The van der Waals surface area contributed by atoms with Gasteiger partial charge in [-0.05, 0) is 60.7 Å². The van der Waals surface area contributed by atoms with E-state index in [4.69, 9.17) is 22.1 Å². The Morgan fingerprint density at radius 2 is 2.13 bits per heavy atom. The minimum Gasteiger partial charge on any atom is -0.496 e. The minimum absolute atomic E-state index is 0.00719. The number of nitrogens with one attached hydrogen (secondary N) is 1. The zero-order chi connectivity index (χ0) is 16.4. The predicted octanol–water partition coefficient (Wildman–Crippen LogP) is 3.74. The normalized spacial score (nSPS) is 16.5. The molecular weight excluding hydrogens is 312 g/mol. The lowest BCUT2D eigenvalue weighted by molar-refractivity contribution is 0.0929. The Bertz CT molecular complexity index is 746. The van der Waals surface area contributed by atoms with Crippen LogP contribution in [0, 0.1) is 0 Å². The van der Waals surface area contributed by atoms with Crippen molar-refractivity contribution in [3.05, 3.63) is 58.1 Å². The van der Waals surface area contributed by atoms with Gasteiger partial charge in [-0.2, -0.15) is 0 Å². The minimum atomic E-state index is -0.159. The second-order valence-corrected chi connectivity index (χ2v) is 6.16. The number of amides is 1. The third-order valence-electron chi connectivity index (χ3n) is 4.19. The summed E-state index contributed by atoms with van der Waals surface area (Å²) >= 11 is 5.95. The van der Waals surface area contributed by atoms with Crippen LogP contribution in [0.25, 0.3) is 0 Å². The Balaban J connectivity index is 1.85. The van der Waals surface area contributed by atoms with Crippen molar-refractivity contribution in [1.29, 1.82) is 0 Å². The summed E-state index contributed by atoms with van der Waals surface area (Å²) in [7, 11) is 1.53. The molecule has 3 rings (SSSR count). The summed E-state index contributed by atoms with van der Waals surface area (Å²) in [5.41, 5.74) is 9.46. The van der Waals surface area contributed by atoms with Crippen molar-refractivity contribution in [1.82, 2.24) is 5.32 Å². The first kappa shape index (κ1) is 15.7. The Morgan fingerprint density at radius 1 is 1.30 bits per heavy atom. The van der Waals surface area contributed by atoms with Gasteiger partial charge in [0, 0.05) is 10.7 Å². The number of halogens is 1. The molecule has 0 saturated carbocycles. The quantitative estimate of drug-likeness (QED) is 0.843. The van der Waals surface area contributed by atoms with Crippen molar-refractivity contribution in [3.63, 3.8) is 0 Å². The summed E-state index contributed by atoms with van der Waals surface area (Å²) in [6.45, 7) is 0. The number of hydrogen-bond acceptors (Lipinski definition) is 3. The first-order chi connectivity index (χ1) is 11.1. The first-order valence-electron chi connectivity index (χ1n) is 7.61. The molecule has 0 saturated heterocycles. The molecule has 3 N–H and O–H groups in total. The topological polar surface area (TPSA) is 64.3 Å². The van der Waals surface area contributed by atoms with Crippen LogP contribution in [-0.2, 0) is 6.42 Å². The fourth-order valence-corrected chi connectivity index (χ4v) is 3.23. The van der Waals surface area contributed by atoms with Crippen molar-refractivity contribution in [3.8, 4) is 5.75 Å². The molecule has 4 nitrogen and oxygen atoms in total. The third-order valence-corrected chi connectivity index (χ3v) is 4.43. The van der Waals surface area contributed by atoms with Gasteiger partial charge in [-0.25, -0.2) is 0 Å². The molecule has 1 atom stereocenters. The van der Waals surface area contributed by atoms with E-state index in [0.717, 1.165) is 30.5 Å². The molecule has 2 aromatic rings. The molecule has 0 aromatic heterocycles. The number of nitrogen functional groups attached to an aromatic ring is 1. The van der Waals surface area contributed by atoms with Gasteiger partial charge in [-0.15, -0.1) is 0 Å². The van der Waals surface area contributed by atoms with Gasteiger partial charge in [-0.1, -0.05) is 17.7 Å². The third kappa shape index (κ3) is 3.27. The monoisotopic (exact) mass is 330 g/mol. The van der Waals surface area contributed by atoms with E-state index >= 15 is 0 Å². The van der Waals surface area contributed by atoms with E-state index in [-0.39, 0.29) is 11.9 Å². The molecule has 1 aliphatic carbocycles. The van der Waals surface area contributed by atoms with Crippen molar-refractivity contribution in [2.45, 2.75) is 25.3 Å². The van der Waals surface area contributed by atoms with Gasteiger partial charge in [0.1, 0.15) is 5.75 Å². The highest BCUT2D eigenvalue weighted by molar-refractivity contribution is 6.30. The van der Waals surface area contributed by atoms with Gasteiger partial charge >= 0.3 is 0 Å². The highest BCUT2D eigenvalue weighted by Gasteiger charge is 2.23. The molecule has 0 fully saturated rings. The predicted molar refractivity (Wildman–Crippen MR) is 92.0 cm³/mol. The number of methoxy groups -OCH3 is 1. The van der Waals surface area contributed by atoms with Crippen LogP contribution in [0.15, 0.2) is 36.4 Å².